The summed E-state index contributed by atoms with van der Waals surface area (Å²) in [7, 11) is 1.85. The van der Waals surface area contributed by atoms with Crippen molar-refractivity contribution < 1.29 is 4.79 Å². The van der Waals surface area contributed by atoms with E-state index in [0.29, 0.717) is 6.54 Å². The first-order chi connectivity index (χ1) is 8.20. The van der Waals surface area contributed by atoms with Crippen LogP contribution in [-0.2, 0) is 4.79 Å². The second-order valence-corrected chi connectivity index (χ2v) is 4.29. The summed E-state index contributed by atoms with van der Waals surface area (Å²) in [5.74, 6) is 0.579. The highest BCUT2D eigenvalue weighted by Crippen LogP contribution is 2.30. The number of hydrogen-bond acceptors (Lipinski definition) is 4. The fourth-order valence-corrected chi connectivity index (χ4v) is 2.33. The summed E-state index contributed by atoms with van der Waals surface area (Å²) in [6.07, 6.45) is 2.12. The number of amides is 1. The molecule has 0 bridgehead atoms. The summed E-state index contributed by atoms with van der Waals surface area (Å²) in [6, 6.07) is 6.13. The average Bonchev–Trinajstić information content (AvgIpc) is 2.76. The van der Waals surface area contributed by atoms with Crippen molar-refractivity contribution in [1.29, 1.82) is 0 Å². The summed E-state index contributed by atoms with van der Waals surface area (Å²) in [5.41, 5.74) is 6.27. The van der Waals surface area contributed by atoms with Gasteiger partial charge in [0, 0.05) is 7.05 Å². The number of nitrogens with two attached hydrogens (primary N) is 1. The van der Waals surface area contributed by atoms with Crippen molar-refractivity contribution in [2.24, 2.45) is 5.73 Å². The van der Waals surface area contributed by atoms with E-state index in [1.165, 1.54) is 0 Å². The minimum atomic E-state index is -0.276. The predicted molar refractivity (Wildman–Crippen MR) is 66.5 cm³/mol. The maximum absolute atomic E-state index is 11.0. The second-order valence-electron chi connectivity index (χ2n) is 4.29. The molecule has 1 atom stereocenters. The fourth-order valence-electron chi connectivity index (χ4n) is 2.33. The molecule has 0 spiro atoms. The van der Waals surface area contributed by atoms with Crippen molar-refractivity contribution in [1.82, 2.24) is 9.88 Å². The molecule has 1 aliphatic heterocycles. The van der Waals surface area contributed by atoms with Crippen molar-refractivity contribution >= 4 is 11.7 Å². The number of carbonyl (C=O) groups is 1. The lowest BCUT2D eigenvalue weighted by Gasteiger charge is -2.22. The van der Waals surface area contributed by atoms with Crippen molar-refractivity contribution in [3.8, 4) is 0 Å². The minimum absolute atomic E-state index is 0.218. The topological polar surface area (TPSA) is 71.2 Å². The molecular formula is C12H18N4O. The van der Waals surface area contributed by atoms with Crippen molar-refractivity contribution in [2.75, 3.05) is 25.5 Å². The Hall–Kier alpha value is -1.62. The number of carbonyl (C=O) groups excluding carboxylic acids is 1. The van der Waals surface area contributed by atoms with Gasteiger partial charge in [0.1, 0.15) is 5.82 Å². The molecule has 1 amide bonds. The van der Waals surface area contributed by atoms with Gasteiger partial charge in [-0.3, -0.25) is 9.69 Å². The van der Waals surface area contributed by atoms with E-state index in [4.69, 9.17) is 5.73 Å². The van der Waals surface area contributed by atoms with Gasteiger partial charge in [0.25, 0.3) is 0 Å². The monoisotopic (exact) mass is 234 g/mol. The molecule has 1 saturated heterocycles. The normalized spacial score (nSPS) is 20.4. The zero-order valence-corrected chi connectivity index (χ0v) is 10.0. The quantitative estimate of drug-likeness (QED) is 0.806. The highest BCUT2D eigenvalue weighted by molar-refractivity contribution is 5.76. The molecule has 0 aliphatic carbocycles. The van der Waals surface area contributed by atoms with Crippen LogP contribution in [0.4, 0.5) is 5.82 Å². The van der Waals surface area contributed by atoms with E-state index in [0.717, 1.165) is 30.9 Å². The van der Waals surface area contributed by atoms with Crippen LogP contribution in [0.25, 0.3) is 0 Å². The Kier molecular flexibility index (Phi) is 3.58. The first-order valence-corrected chi connectivity index (χ1v) is 5.88. The molecule has 1 fully saturated rings. The minimum Gasteiger partial charge on any atom is -0.373 e. The van der Waals surface area contributed by atoms with Gasteiger partial charge in [-0.15, -0.1) is 0 Å². The van der Waals surface area contributed by atoms with Gasteiger partial charge in [0.05, 0.1) is 18.3 Å². The van der Waals surface area contributed by atoms with Gasteiger partial charge < -0.3 is 11.1 Å². The molecule has 1 unspecified atom stereocenters. The number of pyridine rings is 1. The van der Waals surface area contributed by atoms with Crippen LogP contribution in [-0.4, -0.2) is 35.9 Å². The molecule has 0 radical (unpaired) electrons. The Bertz CT molecular complexity index is 407. The molecule has 1 aliphatic rings. The molecule has 92 valence electrons. The third kappa shape index (κ3) is 2.74. The van der Waals surface area contributed by atoms with Crippen LogP contribution >= 0.6 is 0 Å². The number of nitrogens with one attached hydrogen (secondary N) is 1. The van der Waals surface area contributed by atoms with Gasteiger partial charge in [-0.1, -0.05) is 6.07 Å². The number of nitrogens with zero attached hydrogens (tertiary/aromatic N) is 2. The van der Waals surface area contributed by atoms with E-state index in [9.17, 15) is 4.79 Å². The third-order valence-electron chi connectivity index (χ3n) is 3.09. The smallest absolute Gasteiger partial charge is 0.231 e. The fraction of sp³-hybridized carbons (Fsp3) is 0.500. The Morgan fingerprint density at radius 1 is 1.65 bits per heavy atom. The highest BCUT2D eigenvalue weighted by atomic mass is 16.1. The lowest BCUT2D eigenvalue weighted by molar-refractivity contribution is -0.119. The lowest BCUT2D eigenvalue weighted by Crippen LogP contribution is -2.33. The molecule has 1 aromatic rings. The number of likely N-dealkylation sites (tertiary alicyclic amines) is 1. The molecule has 0 saturated carbocycles. The molecule has 1 aromatic heterocycles. The van der Waals surface area contributed by atoms with Crippen LogP contribution < -0.4 is 11.1 Å². The van der Waals surface area contributed by atoms with Gasteiger partial charge in [-0.2, -0.15) is 0 Å². The van der Waals surface area contributed by atoms with Crippen molar-refractivity contribution in [3.63, 3.8) is 0 Å². The molecule has 0 aromatic carbocycles. The maximum Gasteiger partial charge on any atom is 0.231 e. The third-order valence-corrected chi connectivity index (χ3v) is 3.09. The van der Waals surface area contributed by atoms with Gasteiger partial charge in [-0.05, 0) is 31.5 Å². The van der Waals surface area contributed by atoms with E-state index in [1.807, 2.05) is 25.2 Å². The van der Waals surface area contributed by atoms with E-state index < -0.39 is 0 Å². The summed E-state index contributed by atoms with van der Waals surface area (Å²) in [6.45, 7) is 1.23. The summed E-state index contributed by atoms with van der Waals surface area (Å²) in [5, 5.41) is 3.03. The van der Waals surface area contributed by atoms with Crippen LogP contribution in [0.2, 0.25) is 0 Å². The summed E-state index contributed by atoms with van der Waals surface area (Å²) >= 11 is 0. The molecular weight excluding hydrogens is 216 g/mol. The second kappa shape index (κ2) is 5.14. The largest absolute Gasteiger partial charge is 0.373 e. The number of hydrogen-bond donors (Lipinski definition) is 2. The Balaban J connectivity index is 2.16. The number of anilines is 1. The average molecular weight is 234 g/mol. The van der Waals surface area contributed by atoms with Gasteiger partial charge >= 0.3 is 0 Å². The zero-order valence-electron chi connectivity index (χ0n) is 10.0. The van der Waals surface area contributed by atoms with Crippen LogP contribution in [0.5, 0.6) is 0 Å². The van der Waals surface area contributed by atoms with Gasteiger partial charge in [-0.25, -0.2) is 4.98 Å². The van der Waals surface area contributed by atoms with E-state index >= 15 is 0 Å². The first kappa shape index (κ1) is 11.9. The first-order valence-electron chi connectivity index (χ1n) is 5.88. The molecule has 5 nitrogen and oxygen atoms in total. The standard InChI is InChI=1S/C12H18N4O/c1-14-12-6-2-4-9(15-12)10-5-3-7-16(10)8-11(13)17/h2,4,6,10H,3,5,7-8H2,1H3,(H2,13,17)(H,14,15). The predicted octanol–water partition coefficient (Wildman–Crippen LogP) is 0.745. The van der Waals surface area contributed by atoms with Gasteiger partial charge in [0.15, 0.2) is 0 Å². The molecule has 3 N–H and O–H groups in total. The zero-order chi connectivity index (χ0) is 12.3. The summed E-state index contributed by atoms with van der Waals surface area (Å²) in [4.78, 5) is 17.6. The van der Waals surface area contributed by atoms with E-state index in [1.54, 1.807) is 0 Å². The Labute approximate surface area is 101 Å². The van der Waals surface area contributed by atoms with Crippen molar-refractivity contribution in [3.05, 3.63) is 23.9 Å². The number of primary amides is 1. The van der Waals surface area contributed by atoms with E-state index in [-0.39, 0.29) is 11.9 Å². The van der Waals surface area contributed by atoms with Crippen LogP contribution in [0, 0.1) is 0 Å². The number of aromatic nitrogens is 1. The van der Waals surface area contributed by atoms with Crippen LogP contribution in [0.3, 0.4) is 0 Å². The summed E-state index contributed by atoms with van der Waals surface area (Å²) < 4.78 is 0. The Morgan fingerprint density at radius 2 is 2.47 bits per heavy atom. The van der Waals surface area contributed by atoms with Gasteiger partial charge in [0.2, 0.25) is 5.91 Å². The Morgan fingerprint density at radius 3 is 3.18 bits per heavy atom. The van der Waals surface area contributed by atoms with E-state index in [2.05, 4.69) is 15.2 Å². The molecule has 17 heavy (non-hydrogen) atoms. The van der Waals surface area contributed by atoms with Crippen LogP contribution in [0.15, 0.2) is 18.2 Å². The maximum atomic E-state index is 11.0. The molecule has 2 heterocycles. The van der Waals surface area contributed by atoms with Crippen LogP contribution in [0.1, 0.15) is 24.6 Å². The lowest BCUT2D eigenvalue weighted by atomic mass is 10.1. The number of rotatable bonds is 4. The SMILES string of the molecule is CNc1cccc(C2CCCN2CC(N)=O)n1. The highest BCUT2D eigenvalue weighted by Gasteiger charge is 2.27. The van der Waals surface area contributed by atoms with Crippen molar-refractivity contribution in [2.45, 2.75) is 18.9 Å². The molecule has 5 heteroatoms. The molecule has 2 rings (SSSR count).